The molecule has 2 atom stereocenters. The number of carbonyl (C=O) groups excluding carboxylic acids is 2. The van der Waals surface area contributed by atoms with E-state index < -0.39 is 0 Å². The Bertz CT molecular complexity index is 456. The number of amides is 3. The van der Waals surface area contributed by atoms with Crippen molar-refractivity contribution < 1.29 is 14.3 Å². The largest absolute Gasteiger partial charge is 0.376 e. The molecular formula is C18H31N3O3. The van der Waals surface area contributed by atoms with E-state index in [1.807, 2.05) is 4.90 Å². The summed E-state index contributed by atoms with van der Waals surface area (Å²) in [5.74, 6) is 0.775. The highest BCUT2D eigenvalue weighted by molar-refractivity contribution is 5.88. The Balaban J connectivity index is 1.63. The number of urea groups is 1. The maximum Gasteiger partial charge on any atom is 0.318 e. The summed E-state index contributed by atoms with van der Waals surface area (Å²) in [4.78, 5) is 28.7. The molecule has 2 unspecified atom stereocenters. The maximum atomic E-state index is 12.9. The standard InChI is InChI=1S/C18H31N3O3/c1-13-5-7-14(8-6-13)21(12-15-4-3-11-24-15)18(23)19-16-9-10-20(2)17(16)22/h13-16H,3-12H2,1-2H3,(H,19,23). The van der Waals surface area contributed by atoms with Crippen LogP contribution in [-0.4, -0.2) is 66.7 Å². The number of ether oxygens (including phenoxy) is 1. The number of likely N-dealkylation sites (N-methyl/N-ethyl adjacent to an activating group) is 1. The Labute approximate surface area is 144 Å². The van der Waals surface area contributed by atoms with Gasteiger partial charge in [0, 0.05) is 32.8 Å². The van der Waals surface area contributed by atoms with Gasteiger partial charge in [0.2, 0.25) is 5.91 Å². The lowest BCUT2D eigenvalue weighted by atomic mass is 9.86. The fourth-order valence-corrected chi connectivity index (χ4v) is 4.15. The van der Waals surface area contributed by atoms with Gasteiger partial charge >= 0.3 is 6.03 Å². The van der Waals surface area contributed by atoms with E-state index in [1.54, 1.807) is 11.9 Å². The summed E-state index contributed by atoms with van der Waals surface area (Å²) < 4.78 is 5.76. The Morgan fingerprint density at radius 3 is 2.58 bits per heavy atom. The van der Waals surface area contributed by atoms with Crippen molar-refractivity contribution in [2.45, 2.75) is 70.1 Å². The molecule has 0 bridgehead atoms. The second-order valence-electron chi connectivity index (χ2n) is 7.75. The van der Waals surface area contributed by atoms with Gasteiger partial charge in [0.1, 0.15) is 6.04 Å². The van der Waals surface area contributed by atoms with E-state index in [4.69, 9.17) is 4.74 Å². The normalized spacial score (nSPS) is 33.8. The molecule has 3 rings (SSSR count). The Morgan fingerprint density at radius 1 is 1.25 bits per heavy atom. The van der Waals surface area contributed by atoms with Gasteiger partial charge in [-0.3, -0.25) is 4.79 Å². The molecule has 0 radical (unpaired) electrons. The molecule has 2 saturated heterocycles. The van der Waals surface area contributed by atoms with Crippen molar-refractivity contribution in [2.75, 3.05) is 26.7 Å². The maximum absolute atomic E-state index is 12.9. The second-order valence-corrected chi connectivity index (χ2v) is 7.75. The second kappa shape index (κ2) is 7.72. The molecule has 3 aliphatic rings. The van der Waals surface area contributed by atoms with E-state index in [-0.39, 0.29) is 30.1 Å². The van der Waals surface area contributed by atoms with Crippen molar-refractivity contribution in [2.24, 2.45) is 5.92 Å². The van der Waals surface area contributed by atoms with Crippen LogP contribution in [0.25, 0.3) is 0 Å². The van der Waals surface area contributed by atoms with Gasteiger partial charge in [-0.2, -0.15) is 0 Å². The molecule has 136 valence electrons. The van der Waals surface area contributed by atoms with Gasteiger partial charge in [-0.15, -0.1) is 0 Å². The van der Waals surface area contributed by atoms with Gasteiger partial charge < -0.3 is 19.9 Å². The number of hydrogen-bond donors (Lipinski definition) is 1. The first-order chi connectivity index (χ1) is 11.5. The summed E-state index contributed by atoms with van der Waals surface area (Å²) in [6.07, 6.45) is 7.41. The summed E-state index contributed by atoms with van der Waals surface area (Å²) >= 11 is 0. The van der Waals surface area contributed by atoms with E-state index >= 15 is 0 Å². The van der Waals surface area contributed by atoms with Crippen LogP contribution in [-0.2, 0) is 9.53 Å². The highest BCUT2D eigenvalue weighted by atomic mass is 16.5. The van der Waals surface area contributed by atoms with E-state index in [0.29, 0.717) is 13.0 Å². The molecule has 6 nitrogen and oxygen atoms in total. The minimum atomic E-state index is -0.364. The topological polar surface area (TPSA) is 61.9 Å². The van der Waals surface area contributed by atoms with Crippen molar-refractivity contribution >= 4 is 11.9 Å². The summed E-state index contributed by atoms with van der Waals surface area (Å²) in [5.41, 5.74) is 0. The van der Waals surface area contributed by atoms with Crippen LogP contribution in [0.2, 0.25) is 0 Å². The molecule has 2 heterocycles. The smallest absolute Gasteiger partial charge is 0.318 e. The third-order valence-corrected chi connectivity index (χ3v) is 5.84. The molecular weight excluding hydrogens is 306 g/mol. The average molecular weight is 337 g/mol. The zero-order chi connectivity index (χ0) is 17.1. The highest BCUT2D eigenvalue weighted by Gasteiger charge is 2.35. The molecule has 1 aliphatic carbocycles. The molecule has 3 amide bonds. The minimum absolute atomic E-state index is 0.0256. The van der Waals surface area contributed by atoms with Crippen molar-refractivity contribution in [3.05, 3.63) is 0 Å². The predicted octanol–water partition coefficient (Wildman–Crippen LogP) is 1.99. The molecule has 24 heavy (non-hydrogen) atoms. The predicted molar refractivity (Wildman–Crippen MR) is 91.7 cm³/mol. The number of hydrogen-bond acceptors (Lipinski definition) is 3. The van der Waals surface area contributed by atoms with Crippen molar-refractivity contribution in [1.29, 1.82) is 0 Å². The SMILES string of the molecule is CC1CCC(N(CC2CCCO2)C(=O)NC2CCN(C)C2=O)CC1. The number of nitrogens with zero attached hydrogens (tertiary/aromatic N) is 2. The minimum Gasteiger partial charge on any atom is -0.376 e. The van der Waals surface area contributed by atoms with Crippen LogP contribution in [0.3, 0.4) is 0 Å². The average Bonchev–Trinajstić information content (AvgIpc) is 3.19. The van der Waals surface area contributed by atoms with Gasteiger partial charge in [0.15, 0.2) is 0 Å². The number of likely N-dealkylation sites (tertiary alicyclic amines) is 1. The lowest BCUT2D eigenvalue weighted by Gasteiger charge is -2.37. The van der Waals surface area contributed by atoms with E-state index in [2.05, 4.69) is 12.2 Å². The van der Waals surface area contributed by atoms with Crippen LogP contribution in [0.1, 0.15) is 51.9 Å². The van der Waals surface area contributed by atoms with Crippen LogP contribution in [0.4, 0.5) is 4.79 Å². The number of nitrogens with one attached hydrogen (secondary N) is 1. The highest BCUT2D eigenvalue weighted by Crippen LogP contribution is 2.28. The number of rotatable bonds is 4. The molecule has 0 aromatic carbocycles. The molecule has 1 N–H and O–H groups in total. The molecule has 6 heteroatoms. The van der Waals surface area contributed by atoms with Crippen LogP contribution >= 0.6 is 0 Å². The fourth-order valence-electron chi connectivity index (χ4n) is 4.15. The lowest BCUT2D eigenvalue weighted by molar-refractivity contribution is -0.128. The van der Waals surface area contributed by atoms with Crippen molar-refractivity contribution in [3.8, 4) is 0 Å². The van der Waals surface area contributed by atoms with Gasteiger partial charge in [0.25, 0.3) is 0 Å². The Hall–Kier alpha value is -1.30. The molecule has 0 aromatic heterocycles. The Kier molecular flexibility index (Phi) is 5.64. The third kappa shape index (κ3) is 4.02. The lowest BCUT2D eigenvalue weighted by Crippen LogP contribution is -2.53. The van der Waals surface area contributed by atoms with Crippen LogP contribution in [0.5, 0.6) is 0 Å². The van der Waals surface area contributed by atoms with Crippen LogP contribution in [0.15, 0.2) is 0 Å². The summed E-state index contributed by atoms with van der Waals surface area (Å²) in [5, 5.41) is 2.98. The first kappa shape index (κ1) is 17.5. The summed E-state index contributed by atoms with van der Waals surface area (Å²) in [6.45, 7) is 4.46. The fraction of sp³-hybridized carbons (Fsp3) is 0.889. The summed E-state index contributed by atoms with van der Waals surface area (Å²) in [6, 6.07) is -0.171. The van der Waals surface area contributed by atoms with Gasteiger partial charge in [-0.1, -0.05) is 6.92 Å². The number of carbonyl (C=O) groups is 2. The quantitative estimate of drug-likeness (QED) is 0.853. The molecule has 0 spiro atoms. The zero-order valence-corrected chi connectivity index (χ0v) is 15.0. The molecule has 3 fully saturated rings. The van der Waals surface area contributed by atoms with E-state index in [0.717, 1.165) is 44.8 Å². The molecule has 1 saturated carbocycles. The van der Waals surface area contributed by atoms with E-state index in [1.165, 1.54) is 12.8 Å². The van der Waals surface area contributed by atoms with Crippen molar-refractivity contribution in [3.63, 3.8) is 0 Å². The van der Waals surface area contributed by atoms with Crippen LogP contribution in [0, 0.1) is 5.92 Å². The zero-order valence-electron chi connectivity index (χ0n) is 15.0. The first-order valence-electron chi connectivity index (χ1n) is 9.48. The summed E-state index contributed by atoms with van der Waals surface area (Å²) in [7, 11) is 1.79. The Morgan fingerprint density at radius 2 is 2.00 bits per heavy atom. The molecule has 2 aliphatic heterocycles. The van der Waals surface area contributed by atoms with Crippen molar-refractivity contribution in [1.82, 2.24) is 15.1 Å². The van der Waals surface area contributed by atoms with Gasteiger partial charge in [-0.05, 0) is 50.9 Å². The van der Waals surface area contributed by atoms with Crippen LogP contribution < -0.4 is 5.32 Å². The van der Waals surface area contributed by atoms with Gasteiger partial charge in [-0.25, -0.2) is 4.79 Å². The van der Waals surface area contributed by atoms with E-state index in [9.17, 15) is 9.59 Å². The molecule has 0 aromatic rings. The first-order valence-corrected chi connectivity index (χ1v) is 9.48. The third-order valence-electron chi connectivity index (χ3n) is 5.84. The monoisotopic (exact) mass is 337 g/mol. The van der Waals surface area contributed by atoms with Gasteiger partial charge in [0.05, 0.1) is 6.10 Å².